The monoisotopic (exact) mass is 472 g/mol. The van der Waals surface area contributed by atoms with Crippen LogP contribution in [0.2, 0.25) is 0 Å². The maximum absolute atomic E-state index is 13.9. The molecule has 0 amide bonds. The average Bonchev–Trinajstić information content (AvgIpc) is 3.38. The largest absolute Gasteiger partial charge is 0.481 e. The maximum Gasteiger partial charge on any atom is 0.248 e. The number of fused-ring (bicyclic) bond motifs is 1. The van der Waals surface area contributed by atoms with Crippen LogP contribution in [0, 0.1) is 19.8 Å². The molecular formula is C25H24B2F2N4O2. The Bertz CT molecular complexity index is 1350. The number of hydrogen-bond acceptors (Lipinski definition) is 5. The molecule has 1 fully saturated rings. The van der Waals surface area contributed by atoms with Gasteiger partial charge in [-0.15, -0.1) is 0 Å². The third-order valence-corrected chi connectivity index (χ3v) is 7.01. The van der Waals surface area contributed by atoms with Crippen molar-refractivity contribution in [3.8, 4) is 28.1 Å². The molecule has 0 spiro atoms. The standard InChI is InChI=1S/C25H24B2F2N4O2/c1-14-22(15(2)35-32-14)17-10-20-23(31-12-17)19(16-4-5-21(34-3)30-11-16)13-33(20)25(26,27)18-6-8-24(28,29)9-7-18/h4-5,10-13,18H,6-9H2,1-3H3. The van der Waals surface area contributed by atoms with Gasteiger partial charge < -0.3 is 13.8 Å². The van der Waals surface area contributed by atoms with Crippen molar-refractivity contribution in [1.29, 1.82) is 0 Å². The number of alkyl halides is 2. The molecule has 0 N–H and O–H groups in total. The summed E-state index contributed by atoms with van der Waals surface area (Å²) in [6.45, 7) is 3.70. The second kappa shape index (κ2) is 8.50. The fraction of sp³-hybridized carbons (Fsp3) is 0.400. The normalized spacial score (nSPS) is 16.6. The minimum atomic E-state index is -2.68. The van der Waals surface area contributed by atoms with Crippen LogP contribution in [0.1, 0.15) is 37.1 Å². The number of ether oxygens (including phenoxy) is 1. The molecule has 176 valence electrons. The highest BCUT2D eigenvalue weighted by molar-refractivity contribution is 6.38. The smallest absolute Gasteiger partial charge is 0.248 e. The van der Waals surface area contributed by atoms with E-state index in [0.29, 0.717) is 22.7 Å². The summed E-state index contributed by atoms with van der Waals surface area (Å²) in [7, 11) is 15.0. The van der Waals surface area contributed by atoms with Gasteiger partial charge in [0, 0.05) is 59.8 Å². The van der Waals surface area contributed by atoms with Gasteiger partial charge in [-0.1, -0.05) is 5.16 Å². The van der Waals surface area contributed by atoms with E-state index in [2.05, 4.69) is 10.1 Å². The fourth-order valence-electron chi connectivity index (χ4n) is 5.03. The van der Waals surface area contributed by atoms with Gasteiger partial charge in [0.1, 0.15) is 5.76 Å². The molecule has 1 aliphatic rings. The zero-order chi connectivity index (χ0) is 25.0. The van der Waals surface area contributed by atoms with Crippen molar-refractivity contribution in [3.05, 3.63) is 48.2 Å². The van der Waals surface area contributed by atoms with Gasteiger partial charge in [0.2, 0.25) is 11.8 Å². The minimum absolute atomic E-state index is 0.231. The van der Waals surface area contributed by atoms with Gasteiger partial charge in [0.25, 0.3) is 0 Å². The average molecular weight is 472 g/mol. The molecule has 0 atom stereocenters. The molecule has 1 saturated carbocycles. The van der Waals surface area contributed by atoms with Crippen LogP contribution in [0.4, 0.5) is 8.78 Å². The quantitative estimate of drug-likeness (QED) is 0.376. The van der Waals surface area contributed by atoms with Crippen LogP contribution in [0.3, 0.4) is 0 Å². The first-order chi connectivity index (χ1) is 16.6. The van der Waals surface area contributed by atoms with Crippen LogP contribution in [0.15, 0.2) is 41.3 Å². The van der Waals surface area contributed by atoms with E-state index in [1.807, 2.05) is 32.2 Å². The van der Waals surface area contributed by atoms with Crippen LogP contribution >= 0.6 is 0 Å². The molecule has 1 aliphatic carbocycles. The highest BCUT2D eigenvalue weighted by atomic mass is 19.3. The molecule has 0 aromatic carbocycles. The summed E-state index contributed by atoms with van der Waals surface area (Å²) in [5.41, 5.74) is 5.34. The molecule has 4 radical (unpaired) electrons. The first-order valence-electron chi connectivity index (χ1n) is 11.5. The third kappa shape index (κ3) is 4.13. The number of aryl methyl sites for hydroxylation is 2. The van der Waals surface area contributed by atoms with Crippen LogP contribution < -0.4 is 4.74 Å². The van der Waals surface area contributed by atoms with Crippen LogP contribution in [0.25, 0.3) is 33.3 Å². The Labute approximate surface area is 204 Å². The Kier molecular flexibility index (Phi) is 5.73. The van der Waals surface area contributed by atoms with Crippen molar-refractivity contribution in [3.63, 3.8) is 0 Å². The van der Waals surface area contributed by atoms with Gasteiger partial charge in [-0.3, -0.25) is 4.98 Å². The summed E-state index contributed by atoms with van der Waals surface area (Å²) in [6, 6.07) is 5.59. The molecule has 0 saturated heterocycles. The lowest BCUT2D eigenvalue weighted by Gasteiger charge is -2.42. The molecule has 4 aromatic heterocycles. The molecule has 4 heterocycles. The number of hydrogen-bond donors (Lipinski definition) is 0. The second-order valence-corrected chi connectivity index (χ2v) is 9.31. The van der Waals surface area contributed by atoms with Crippen molar-refractivity contribution in [1.82, 2.24) is 19.7 Å². The summed E-state index contributed by atoms with van der Waals surface area (Å²) >= 11 is 0. The topological polar surface area (TPSA) is 66.0 Å². The molecule has 0 bridgehead atoms. The van der Waals surface area contributed by atoms with Gasteiger partial charge in [-0.25, -0.2) is 13.8 Å². The van der Waals surface area contributed by atoms with Crippen molar-refractivity contribution < 1.29 is 18.0 Å². The minimum Gasteiger partial charge on any atom is -0.481 e. The highest BCUT2D eigenvalue weighted by Crippen LogP contribution is 2.43. The first-order valence-corrected chi connectivity index (χ1v) is 11.5. The Morgan fingerprint density at radius 3 is 2.43 bits per heavy atom. The van der Waals surface area contributed by atoms with Crippen molar-refractivity contribution >= 4 is 26.7 Å². The third-order valence-electron chi connectivity index (χ3n) is 7.01. The SMILES string of the molecule is [B]C([B])(C1CCC(F)(F)CC1)n1cc(-c2ccc(OC)nc2)c2ncc(-c3c(C)noc3C)cc21. The van der Waals surface area contributed by atoms with Crippen LogP contribution in [-0.4, -0.2) is 48.4 Å². The summed E-state index contributed by atoms with van der Waals surface area (Å²) in [4.78, 5) is 9.07. The van der Waals surface area contributed by atoms with E-state index in [1.165, 1.54) is 0 Å². The van der Waals surface area contributed by atoms with E-state index >= 15 is 0 Å². The second-order valence-electron chi connectivity index (χ2n) is 9.31. The molecule has 0 aliphatic heterocycles. The Balaban J connectivity index is 1.68. The van der Waals surface area contributed by atoms with E-state index in [9.17, 15) is 8.78 Å². The van der Waals surface area contributed by atoms with E-state index in [-0.39, 0.29) is 31.6 Å². The van der Waals surface area contributed by atoms with Crippen molar-refractivity contribution in [2.24, 2.45) is 5.92 Å². The number of methoxy groups -OCH3 is 1. The van der Waals surface area contributed by atoms with Crippen LogP contribution in [0.5, 0.6) is 5.88 Å². The van der Waals surface area contributed by atoms with E-state index in [0.717, 1.165) is 27.9 Å². The maximum atomic E-state index is 13.9. The van der Waals surface area contributed by atoms with E-state index < -0.39 is 11.3 Å². The highest BCUT2D eigenvalue weighted by Gasteiger charge is 2.41. The van der Waals surface area contributed by atoms with E-state index in [1.54, 1.807) is 30.1 Å². The molecule has 6 nitrogen and oxygen atoms in total. The van der Waals surface area contributed by atoms with Gasteiger partial charge in [0.05, 0.1) is 39.5 Å². The lowest BCUT2D eigenvalue weighted by atomic mass is 9.52. The lowest BCUT2D eigenvalue weighted by molar-refractivity contribution is -0.0498. The number of nitrogens with zero attached hydrogens (tertiary/aromatic N) is 4. The van der Waals surface area contributed by atoms with Gasteiger partial charge >= 0.3 is 0 Å². The Morgan fingerprint density at radius 2 is 1.83 bits per heavy atom. The first kappa shape index (κ1) is 23.6. The van der Waals surface area contributed by atoms with Gasteiger partial charge in [-0.05, 0) is 50.1 Å². The molecule has 35 heavy (non-hydrogen) atoms. The number of aromatic nitrogens is 4. The Morgan fingerprint density at radius 1 is 1.11 bits per heavy atom. The van der Waals surface area contributed by atoms with Gasteiger partial charge in [-0.2, -0.15) is 0 Å². The molecule has 5 rings (SSSR count). The predicted octanol–water partition coefficient (Wildman–Crippen LogP) is 5.15. The van der Waals surface area contributed by atoms with Gasteiger partial charge in [0.15, 0.2) is 0 Å². The Hall–Kier alpha value is -3.16. The molecule has 4 aromatic rings. The zero-order valence-electron chi connectivity index (χ0n) is 19.9. The number of halogens is 2. The molecule has 0 unspecified atom stereocenters. The zero-order valence-corrected chi connectivity index (χ0v) is 19.9. The van der Waals surface area contributed by atoms with Crippen molar-refractivity contribution in [2.75, 3.05) is 7.11 Å². The summed E-state index contributed by atoms with van der Waals surface area (Å²) in [5.74, 6) is -1.85. The number of rotatable bonds is 5. The summed E-state index contributed by atoms with van der Waals surface area (Å²) in [6.07, 6.45) is 5.29. The van der Waals surface area contributed by atoms with E-state index in [4.69, 9.17) is 29.9 Å². The summed E-state index contributed by atoms with van der Waals surface area (Å²) < 4.78 is 40.0. The van der Waals surface area contributed by atoms with Crippen LogP contribution in [-0.2, 0) is 5.34 Å². The summed E-state index contributed by atoms with van der Waals surface area (Å²) in [5, 5.41) is 2.65. The molecule has 10 heteroatoms. The van der Waals surface area contributed by atoms with Crippen molar-refractivity contribution in [2.45, 2.75) is 50.8 Å². The predicted molar refractivity (Wildman–Crippen MR) is 131 cm³/mol. The molecular weight excluding hydrogens is 448 g/mol. The fourth-order valence-corrected chi connectivity index (χ4v) is 5.03. The lowest BCUT2D eigenvalue weighted by Crippen LogP contribution is -2.45. The number of pyridine rings is 2.